The van der Waals surface area contributed by atoms with Crippen LogP contribution in [0, 0.1) is 12.7 Å². The molecule has 2 atom stereocenters. The normalized spacial score (nSPS) is 13.2. The molecule has 0 saturated carbocycles. The quantitative estimate of drug-likeness (QED) is 0.349. The molecular weight excluding hydrogens is 501 g/mol. The molecule has 0 aliphatic rings. The first kappa shape index (κ1) is 26.2. The number of ether oxygens (including phenoxy) is 2. The minimum atomic E-state index is -4.02. The van der Waals surface area contributed by atoms with Gasteiger partial charge in [-0.1, -0.05) is 6.07 Å². The van der Waals surface area contributed by atoms with Crippen molar-refractivity contribution in [1.29, 1.82) is 0 Å². The van der Waals surface area contributed by atoms with Crippen LogP contribution in [0.1, 0.15) is 30.1 Å². The van der Waals surface area contributed by atoms with Gasteiger partial charge in [0.05, 0.1) is 31.4 Å². The van der Waals surface area contributed by atoms with Crippen LogP contribution >= 0.6 is 0 Å². The molecule has 0 amide bonds. The molecule has 12 heteroatoms. The summed E-state index contributed by atoms with van der Waals surface area (Å²) in [6, 6.07) is 9.36. The average molecular weight is 528 g/mol. The summed E-state index contributed by atoms with van der Waals surface area (Å²) in [6.07, 6.45) is 2.72. The Kier molecular flexibility index (Phi) is 7.50. The van der Waals surface area contributed by atoms with Gasteiger partial charge >= 0.3 is 0 Å². The summed E-state index contributed by atoms with van der Waals surface area (Å²) in [4.78, 5) is 8.05. The third kappa shape index (κ3) is 5.30. The first-order valence-corrected chi connectivity index (χ1v) is 13.0. The Morgan fingerprint density at radius 3 is 2.35 bits per heavy atom. The maximum atomic E-state index is 13.5. The molecule has 3 heterocycles. The maximum Gasteiger partial charge on any atom is 0.170 e. The molecule has 3 aromatic heterocycles. The molecule has 4 rings (SSSR count). The van der Waals surface area contributed by atoms with Gasteiger partial charge in [-0.25, -0.2) is 12.8 Å². The van der Waals surface area contributed by atoms with E-state index in [1.807, 2.05) is 13.0 Å². The van der Waals surface area contributed by atoms with Crippen molar-refractivity contribution < 1.29 is 27.4 Å². The molecule has 0 aliphatic heterocycles. The lowest BCUT2D eigenvalue weighted by molar-refractivity contribution is 0.171. The van der Waals surface area contributed by atoms with Crippen molar-refractivity contribution in [3.05, 3.63) is 77.9 Å². The number of methoxy groups -OCH3 is 2. The zero-order valence-electron chi connectivity index (χ0n) is 20.7. The van der Waals surface area contributed by atoms with Crippen molar-refractivity contribution in [1.82, 2.24) is 24.7 Å². The Morgan fingerprint density at radius 1 is 1.05 bits per heavy atom. The topological polar surface area (TPSA) is 129 Å². The van der Waals surface area contributed by atoms with Crippen LogP contribution in [-0.4, -0.2) is 57.7 Å². The van der Waals surface area contributed by atoms with E-state index in [4.69, 9.17) is 9.47 Å². The molecule has 10 nitrogen and oxygen atoms in total. The van der Waals surface area contributed by atoms with E-state index in [-0.39, 0.29) is 11.5 Å². The number of aryl methyl sites for hydroxylation is 1. The zero-order valence-corrected chi connectivity index (χ0v) is 21.5. The van der Waals surface area contributed by atoms with E-state index in [1.165, 1.54) is 27.2 Å². The van der Waals surface area contributed by atoms with Crippen LogP contribution in [0.2, 0.25) is 0 Å². The lowest BCUT2D eigenvalue weighted by atomic mass is 10.2. The smallest absolute Gasteiger partial charge is 0.170 e. The molecular formula is C25H26FN5O5S. The second kappa shape index (κ2) is 10.6. The van der Waals surface area contributed by atoms with E-state index in [9.17, 15) is 17.9 Å². The fraction of sp³-hybridized carbons (Fsp3) is 0.280. The number of sulfone groups is 1. The summed E-state index contributed by atoms with van der Waals surface area (Å²) in [6.45, 7) is 3.24. The van der Waals surface area contributed by atoms with Gasteiger partial charge in [-0.3, -0.25) is 14.5 Å². The third-order valence-corrected chi connectivity index (χ3v) is 7.93. The lowest BCUT2D eigenvalue weighted by Crippen LogP contribution is -2.28. The molecule has 1 N–H and O–H groups in total. The highest BCUT2D eigenvalue weighted by atomic mass is 32.2. The van der Waals surface area contributed by atoms with Gasteiger partial charge in [0.1, 0.15) is 34.9 Å². The predicted molar refractivity (Wildman–Crippen MR) is 134 cm³/mol. The van der Waals surface area contributed by atoms with Crippen LogP contribution in [-0.2, 0) is 15.6 Å². The number of aromatic nitrogens is 5. The highest BCUT2D eigenvalue weighted by Crippen LogP contribution is 2.37. The minimum Gasteiger partial charge on any atom is -0.494 e. The van der Waals surface area contributed by atoms with Crippen molar-refractivity contribution in [2.24, 2.45) is 0 Å². The molecule has 0 fully saturated rings. The number of aliphatic hydroxyl groups is 1. The van der Waals surface area contributed by atoms with Crippen LogP contribution in [0.15, 0.2) is 55.0 Å². The second-order valence-corrected chi connectivity index (χ2v) is 10.8. The van der Waals surface area contributed by atoms with Gasteiger partial charge in [0.15, 0.2) is 21.5 Å². The standard InChI is InChI=1S/C25H26FN5O5S/c1-15-10-17(12-27-11-15)25-30-29-22(31(25)23-20(35-3)6-5-7-21(23)36-4)14-37(33,34)16(2)24(32)19-9-8-18(26)13-28-19/h5-13,16,24,32H,14H2,1-4H3/t16-,24+/m1/s1. The summed E-state index contributed by atoms with van der Waals surface area (Å²) in [5.41, 5.74) is 1.92. The number of aliphatic hydroxyl groups excluding tert-OH is 1. The zero-order chi connectivity index (χ0) is 26.7. The molecule has 0 radical (unpaired) electrons. The fourth-order valence-electron chi connectivity index (χ4n) is 3.87. The van der Waals surface area contributed by atoms with Crippen molar-refractivity contribution in [2.75, 3.05) is 14.2 Å². The lowest BCUT2D eigenvalue weighted by Gasteiger charge is -2.20. The summed E-state index contributed by atoms with van der Waals surface area (Å²) in [7, 11) is -1.05. The van der Waals surface area contributed by atoms with Crippen LogP contribution < -0.4 is 9.47 Å². The second-order valence-electron chi connectivity index (χ2n) is 8.40. The monoisotopic (exact) mass is 527 g/mol. The number of rotatable bonds is 9. The minimum absolute atomic E-state index is 0.0388. The molecule has 0 unspecified atom stereocenters. The highest BCUT2D eigenvalue weighted by molar-refractivity contribution is 7.91. The summed E-state index contributed by atoms with van der Waals surface area (Å²) in [5, 5.41) is 17.9. The van der Waals surface area contributed by atoms with Crippen LogP contribution in [0.3, 0.4) is 0 Å². The number of halogens is 1. The van der Waals surface area contributed by atoms with Gasteiger partial charge in [0, 0.05) is 18.0 Å². The average Bonchev–Trinajstić information content (AvgIpc) is 3.29. The Bertz CT molecular complexity index is 1490. The summed E-state index contributed by atoms with van der Waals surface area (Å²) in [5.74, 6) is 0.0536. The number of hydrogen-bond donors (Lipinski definition) is 1. The van der Waals surface area contributed by atoms with Gasteiger partial charge in [0.2, 0.25) is 0 Å². The Balaban J connectivity index is 1.83. The summed E-state index contributed by atoms with van der Waals surface area (Å²) >= 11 is 0. The fourth-order valence-corrected chi connectivity index (χ4v) is 5.21. The van der Waals surface area contributed by atoms with Crippen LogP contribution in [0.5, 0.6) is 11.5 Å². The summed E-state index contributed by atoms with van der Waals surface area (Å²) < 4.78 is 52.9. The molecule has 1 aromatic carbocycles. The van der Waals surface area contributed by atoms with Gasteiger partial charge < -0.3 is 14.6 Å². The Labute approximate surface area is 213 Å². The Hall–Kier alpha value is -3.90. The van der Waals surface area contributed by atoms with Crippen molar-refractivity contribution in [2.45, 2.75) is 31.0 Å². The van der Waals surface area contributed by atoms with E-state index in [1.54, 1.807) is 35.2 Å². The molecule has 194 valence electrons. The van der Waals surface area contributed by atoms with Crippen LogP contribution in [0.4, 0.5) is 4.39 Å². The largest absolute Gasteiger partial charge is 0.494 e. The first-order chi connectivity index (χ1) is 17.7. The molecule has 4 aromatic rings. The van der Waals surface area contributed by atoms with Gasteiger partial charge in [0.25, 0.3) is 0 Å². The van der Waals surface area contributed by atoms with Gasteiger partial charge in [-0.15, -0.1) is 10.2 Å². The molecule has 0 saturated heterocycles. The third-order valence-electron chi connectivity index (χ3n) is 5.88. The molecule has 0 aliphatic carbocycles. The number of hydrogen-bond acceptors (Lipinski definition) is 9. The van der Waals surface area contributed by atoms with Crippen molar-refractivity contribution in [3.63, 3.8) is 0 Å². The molecule has 0 spiro atoms. The number of nitrogens with zero attached hydrogens (tertiary/aromatic N) is 5. The van der Waals surface area contributed by atoms with E-state index >= 15 is 0 Å². The molecule has 0 bridgehead atoms. The number of benzene rings is 1. The SMILES string of the molecule is COc1cccc(OC)c1-n1c(CS(=O)(=O)[C@H](C)[C@H](O)c2ccc(F)cn2)nnc1-c1cncc(C)c1. The highest BCUT2D eigenvalue weighted by Gasteiger charge is 2.33. The van der Waals surface area contributed by atoms with Crippen molar-refractivity contribution >= 4 is 9.84 Å². The van der Waals surface area contributed by atoms with Crippen LogP contribution in [0.25, 0.3) is 17.1 Å². The number of pyridine rings is 2. The van der Waals surface area contributed by atoms with Gasteiger partial charge in [-0.2, -0.15) is 0 Å². The predicted octanol–water partition coefficient (Wildman–Crippen LogP) is 3.23. The Morgan fingerprint density at radius 2 is 1.76 bits per heavy atom. The van der Waals surface area contributed by atoms with Crippen molar-refractivity contribution in [3.8, 4) is 28.6 Å². The van der Waals surface area contributed by atoms with E-state index in [2.05, 4.69) is 20.2 Å². The van der Waals surface area contributed by atoms with E-state index in [0.29, 0.717) is 28.6 Å². The maximum absolute atomic E-state index is 13.5. The van der Waals surface area contributed by atoms with E-state index in [0.717, 1.165) is 17.8 Å². The first-order valence-electron chi connectivity index (χ1n) is 11.2. The van der Waals surface area contributed by atoms with E-state index < -0.39 is 32.8 Å². The number of para-hydroxylation sites is 1. The van der Waals surface area contributed by atoms with Gasteiger partial charge in [-0.05, 0) is 49.7 Å². The molecule has 37 heavy (non-hydrogen) atoms.